The van der Waals surface area contributed by atoms with Crippen LogP contribution in [0.5, 0.6) is 0 Å². The molecule has 2 atom stereocenters. The number of hydrogen-bond acceptors (Lipinski definition) is 3. The van der Waals surface area contributed by atoms with Crippen LogP contribution in [0.4, 0.5) is 0 Å². The van der Waals surface area contributed by atoms with Crippen molar-refractivity contribution in [2.24, 2.45) is 11.8 Å². The molecule has 23 heavy (non-hydrogen) atoms. The third-order valence-electron chi connectivity index (χ3n) is 5.19. The van der Waals surface area contributed by atoms with Crippen LogP contribution in [0.25, 0.3) is 0 Å². The molecule has 1 saturated carbocycles. The van der Waals surface area contributed by atoms with E-state index in [1.54, 1.807) is 0 Å². The maximum atomic E-state index is 11.9. The standard InChI is InChI=1S/C18H33N3O2/c1-14(2)8-9-15-6-5-7-16(15)19-12-17(22)20-13-18(23)21-10-3-4-11-21/h14-16,19H,3-13H2,1-2H3,(H,20,22)/t15-,16-/m1/s1. The zero-order chi connectivity index (χ0) is 16.7. The number of likely N-dealkylation sites (tertiary alicyclic amines) is 1. The molecule has 2 N–H and O–H groups in total. The molecule has 132 valence electrons. The van der Waals surface area contributed by atoms with Gasteiger partial charge in [0.1, 0.15) is 0 Å². The highest BCUT2D eigenvalue weighted by molar-refractivity contribution is 5.85. The van der Waals surface area contributed by atoms with E-state index in [2.05, 4.69) is 24.5 Å². The number of carbonyl (C=O) groups excluding carboxylic acids is 2. The predicted molar refractivity (Wildman–Crippen MR) is 92.0 cm³/mol. The largest absolute Gasteiger partial charge is 0.346 e. The van der Waals surface area contributed by atoms with Crippen LogP contribution in [0.2, 0.25) is 0 Å². The van der Waals surface area contributed by atoms with E-state index in [0.29, 0.717) is 18.5 Å². The van der Waals surface area contributed by atoms with E-state index < -0.39 is 0 Å². The van der Waals surface area contributed by atoms with Crippen LogP contribution in [0.15, 0.2) is 0 Å². The lowest BCUT2D eigenvalue weighted by Gasteiger charge is -2.22. The molecule has 0 spiro atoms. The Kier molecular flexibility index (Phi) is 7.34. The molecule has 0 radical (unpaired) electrons. The predicted octanol–water partition coefficient (Wildman–Crippen LogP) is 1.92. The van der Waals surface area contributed by atoms with Gasteiger partial charge in [-0.1, -0.05) is 26.7 Å². The van der Waals surface area contributed by atoms with Gasteiger partial charge in [0, 0.05) is 19.1 Å². The summed E-state index contributed by atoms with van der Waals surface area (Å²) in [4.78, 5) is 25.7. The molecule has 2 rings (SSSR count). The minimum absolute atomic E-state index is 0.0477. The maximum absolute atomic E-state index is 11.9. The molecule has 1 aliphatic carbocycles. The van der Waals surface area contributed by atoms with E-state index in [4.69, 9.17) is 0 Å². The normalized spacial score (nSPS) is 24.4. The Morgan fingerprint density at radius 1 is 1.09 bits per heavy atom. The van der Waals surface area contributed by atoms with Crippen molar-refractivity contribution in [3.63, 3.8) is 0 Å². The second-order valence-corrected chi connectivity index (χ2v) is 7.51. The van der Waals surface area contributed by atoms with Crippen molar-refractivity contribution >= 4 is 11.8 Å². The molecule has 0 aromatic heterocycles. The van der Waals surface area contributed by atoms with E-state index in [1.165, 1.54) is 32.1 Å². The van der Waals surface area contributed by atoms with Crippen molar-refractivity contribution in [1.82, 2.24) is 15.5 Å². The quantitative estimate of drug-likeness (QED) is 0.717. The molecular formula is C18H33N3O2. The molecule has 0 aromatic rings. The molecule has 1 saturated heterocycles. The third kappa shape index (κ3) is 6.13. The van der Waals surface area contributed by atoms with E-state index in [1.807, 2.05) is 4.90 Å². The Morgan fingerprint density at radius 2 is 1.83 bits per heavy atom. The van der Waals surface area contributed by atoms with Crippen molar-refractivity contribution in [3.8, 4) is 0 Å². The Labute approximate surface area is 140 Å². The Morgan fingerprint density at radius 3 is 2.52 bits per heavy atom. The van der Waals surface area contributed by atoms with Gasteiger partial charge in [-0.05, 0) is 43.9 Å². The summed E-state index contributed by atoms with van der Waals surface area (Å²) >= 11 is 0. The van der Waals surface area contributed by atoms with Crippen LogP contribution in [-0.2, 0) is 9.59 Å². The zero-order valence-electron chi connectivity index (χ0n) is 14.8. The van der Waals surface area contributed by atoms with Gasteiger partial charge in [0.2, 0.25) is 11.8 Å². The summed E-state index contributed by atoms with van der Waals surface area (Å²) in [6.07, 6.45) is 8.39. The van der Waals surface area contributed by atoms with Gasteiger partial charge in [-0.2, -0.15) is 0 Å². The van der Waals surface area contributed by atoms with Gasteiger partial charge in [-0.25, -0.2) is 0 Å². The summed E-state index contributed by atoms with van der Waals surface area (Å²) < 4.78 is 0. The first-order chi connectivity index (χ1) is 11.1. The van der Waals surface area contributed by atoms with Crippen molar-refractivity contribution in [3.05, 3.63) is 0 Å². The van der Waals surface area contributed by atoms with Gasteiger partial charge in [0.05, 0.1) is 13.1 Å². The van der Waals surface area contributed by atoms with Gasteiger partial charge in [-0.15, -0.1) is 0 Å². The minimum atomic E-state index is -0.0629. The van der Waals surface area contributed by atoms with E-state index in [9.17, 15) is 9.59 Å². The molecule has 0 aromatic carbocycles. The first-order valence-corrected chi connectivity index (χ1v) is 9.34. The number of rotatable bonds is 8. The van der Waals surface area contributed by atoms with E-state index in [0.717, 1.165) is 31.8 Å². The van der Waals surface area contributed by atoms with Gasteiger partial charge in [0.15, 0.2) is 0 Å². The van der Waals surface area contributed by atoms with Crippen LogP contribution in [-0.4, -0.2) is 48.9 Å². The molecule has 0 bridgehead atoms. The van der Waals surface area contributed by atoms with Crippen molar-refractivity contribution in [2.45, 2.75) is 64.8 Å². The molecule has 2 amide bonds. The average molecular weight is 323 g/mol. The number of carbonyl (C=O) groups is 2. The number of nitrogens with one attached hydrogen (secondary N) is 2. The molecule has 5 nitrogen and oxygen atoms in total. The topological polar surface area (TPSA) is 61.4 Å². The van der Waals surface area contributed by atoms with Gasteiger partial charge < -0.3 is 15.5 Å². The summed E-state index contributed by atoms with van der Waals surface area (Å²) in [5.74, 6) is 1.44. The molecule has 2 aliphatic rings. The summed E-state index contributed by atoms with van der Waals surface area (Å²) in [6, 6.07) is 0.466. The highest BCUT2D eigenvalue weighted by Gasteiger charge is 2.27. The maximum Gasteiger partial charge on any atom is 0.241 e. The van der Waals surface area contributed by atoms with Crippen molar-refractivity contribution in [1.29, 1.82) is 0 Å². The van der Waals surface area contributed by atoms with Crippen LogP contribution < -0.4 is 10.6 Å². The highest BCUT2D eigenvalue weighted by atomic mass is 16.2. The second kappa shape index (κ2) is 9.26. The molecule has 0 unspecified atom stereocenters. The molecular weight excluding hydrogens is 290 g/mol. The highest BCUT2D eigenvalue weighted by Crippen LogP contribution is 2.30. The van der Waals surface area contributed by atoms with Gasteiger partial charge in [0.25, 0.3) is 0 Å². The summed E-state index contributed by atoms with van der Waals surface area (Å²) in [7, 11) is 0. The third-order valence-corrected chi connectivity index (χ3v) is 5.19. The van der Waals surface area contributed by atoms with Crippen molar-refractivity contribution < 1.29 is 9.59 Å². The lowest BCUT2D eigenvalue weighted by atomic mass is 9.94. The van der Waals surface area contributed by atoms with Crippen LogP contribution in [0.1, 0.15) is 58.8 Å². The average Bonchev–Trinajstić information content (AvgIpc) is 3.19. The Balaban J connectivity index is 1.62. The molecule has 1 aliphatic heterocycles. The second-order valence-electron chi connectivity index (χ2n) is 7.51. The summed E-state index contributed by atoms with van der Waals surface area (Å²) in [5.41, 5.74) is 0. The molecule has 1 heterocycles. The monoisotopic (exact) mass is 323 g/mol. The Bertz CT molecular complexity index is 392. The molecule has 2 fully saturated rings. The zero-order valence-corrected chi connectivity index (χ0v) is 14.8. The summed E-state index contributed by atoms with van der Waals surface area (Å²) in [6.45, 7) is 6.68. The number of nitrogens with zero attached hydrogens (tertiary/aromatic N) is 1. The van der Waals surface area contributed by atoms with Crippen molar-refractivity contribution in [2.75, 3.05) is 26.2 Å². The Hall–Kier alpha value is -1.10. The van der Waals surface area contributed by atoms with Crippen LogP contribution in [0.3, 0.4) is 0 Å². The fourth-order valence-electron chi connectivity index (χ4n) is 3.74. The first-order valence-electron chi connectivity index (χ1n) is 9.34. The summed E-state index contributed by atoms with van der Waals surface area (Å²) in [5, 5.41) is 6.17. The number of amides is 2. The van der Waals surface area contributed by atoms with Gasteiger partial charge >= 0.3 is 0 Å². The smallest absolute Gasteiger partial charge is 0.241 e. The lowest BCUT2D eigenvalue weighted by molar-refractivity contribution is -0.131. The lowest BCUT2D eigenvalue weighted by Crippen LogP contribution is -2.44. The SMILES string of the molecule is CC(C)CC[C@H]1CCC[C@H]1NCC(=O)NCC(=O)N1CCCC1. The number of hydrogen-bond donors (Lipinski definition) is 2. The fraction of sp³-hybridized carbons (Fsp3) is 0.889. The van der Waals surface area contributed by atoms with Crippen LogP contribution in [0, 0.1) is 11.8 Å². The van der Waals surface area contributed by atoms with E-state index in [-0.39, 0.29) is 18.4 Å². The van der Waals surface area contributed by atoms with Crippen LogP contribution >= 0.6 is 0 Å². The minimum Gasteiger partial charge on any atom is -0.346 e. The first kappa shape index (κ1) is 18.2. The molecule has 5 heteroatoms. The van der Waals surface area contributed by atoms with E-state index >= 15 is 0 Å². The fourth-order valence-corrected chi connectivity index (χ4v) is 3.74. The van der Waals surface area contributed by atoms with Gasteiger partial charge in [-0.3, -0.25) is 9.59 Å².